The van der Waals surface area contributed by atoms with Crippen molar-refractivity contribution < 1.29 is 14.3 Å². The van der Waals surface area contributed by atoms with Crippen LogP contribution in [0.25, 0.3) is 0 Å². The van der Waals surface area contributed by atoms with Gasteiger partial charge in [0.15, 0.2) is 0 Å². The zero-order chi connectivity index (χ0) is 14.2. The molecule has 0 atom stereocenters. The number of fused-ring (bicyclic) bond motifs is 1. The highest BCUT2D eigenvalue weighted by molar-refractivity contribution is 6.55. The molecule has 0 saturated carbocycles. The van der Waals surface area contributed by atoms with Crippen LogP contribution in [-0.2, 0) is 9.53 Å². The number of rotatable bonds is 3. The Morgan fingerprint density at radius 1 is 1.26 bits per heavy atom. The van der Waals surface area contributed by atoms with Gasteiger partial charge in [-0.2, -0.15) is 0 Å². The van der Waals surface area contributed by atoms with E-state index >= 15 is 0 Å². The number of hydrogen-bond donors (Lipinski definition) is 0. The van der Waals surface area contributed by atoms with Crippen molar-refractivity contribution in [3.05, 3.63) is 28.8 Å². The molecule has 1 amide bonds. The van der Waals surface area contributed by atoms with Gasteiger partial charge in [0.25, 0.3) is 11.7 Å². The summed E-state index contributed by atoms with van der Waals surface area (Å²) >= 11 is 5.97. The predicted molar refractivity (Wildman–Crippen MR) is 73.8 cm³/mol. The molecule has 5 heteroatoms. The fourth-order valence-corrected chi connectivity index (χ4v) is 2.22. The van der Waals surface area contributed by atoms with Crippen molar-refractivity contribution in [2.75, 3.05) is 18.1 Å². The molecule has 1 aromatic carbocycles. The molecule has 1 aromatic rings. The average Bonchev–Trinajstić information content (AvgIpc) is 2.54. The first-order valence-electron chi connectivity index (χ1n) is 6.10. The van der Waals surface area contributed by atoms with Gasteiger partial charge in [0.05, 0.1) is 28.5 Å². The van der Waals surface area contributed by atoms with Gasteiger partial charge in [-0.3, -0.25) is 9.59 Å². The molecule has 1 aliphatic rings. The van der Waals surface area contributed by atoms with Crippen molar-refractivity contribution in [3.8, 4) is 0 Å². The van der Waals surface area contributed by atoms with E-state index in [1.54, 1.807) is 18.2 Å². The van der Waals surface area contributed by atoms with Crippen molar-refractivity contribution in [2.24, 2.45) is 0 Å². The summed E-state index contributed by atoms with van der Waals surface area (Å²) in [6.07, 6.45) is 0. The molecule has 0 spiro atoms. The third kappa shape index (κ3) is 2.80. The number of hydrogen-bond acceptors (Lipinski definition) is 3. The Bertz CT molecular complexity index is 534. The zero-order valence-electron chi connectivity index (χ0n) is 11.2. The molecule has 0 N–H and O–H groups in total. The van der Waals surface area contributed by atoms with E-state index in [1.165, 1.54) is 4.90 Å². The lowest BCUT2D eigenvalue weighted by atomic mass is 10.1. The fraction of sp³-hybridized carbons (Fsp3) is 0.429. The number of ketones is 1. The lowest BCUT2D eigenvalue weighted by Gasteiger charge is -2.22. The highest BCUT2D eigenvalue weighted by Gasteiger charge is 2.37. The third-order valence-corrected chi connectivity index (χ3v) is 3.11. The molecule has 19 heavy (non-hydrogen) atoms. The smallest absolute Gasteiger partial charge is 0.299 e. The molecule has 102 valence electrons. The molecule has 0 fully saturated rings. The average molecular weight is 282 g/mol. The molecule has 0 bridgehead atoms. The quantitative estimate of drug-likeness (QED) is 0.800. The summed E-state index contributed by atoms with van der Waals surface area (Å²) in [6.45, 7) is 6.53. The molecule has 0 aromatic heterocycles. The molecule has 1 heterocycles. The molecule has 1 aliphatic heterocycles. The maximum Gasteiger partial charge on any atom is 0.299 e. The molecule has 0 radical (unpaired) electrons. The van der Waals surface area contributed by atoms with Gasteiger partial charge in [-0.05, 0) is 32.9 Å². The first kappa shape index (κ1) is 14.0. The number of halogens is 1. The van der Waals surface area contributed by atoms with Crippen molar-refractivity contribution in [3.63, 3.8) is 0 Å². The summed E-state index contributed by atoms with van der Waals surface area (Å²) in [6, 6.07) is 5.06. The Kier molecular flexibility index (Phi) is 3.65. The number of ether oxygens (including phenoxy) is 1. The summed E-state index contributed by atoms with van der Waals surface area (Å²) in [5.74, 6) is -1.09. The largest absolute Gasteiger partial charge is 0.374 e. The number of amides is 1. The van der Waals surface area contributed by atoms with E-state index < -0.39 is 11.7 Å². The highest BCUT2D eigenvalue weighted by atomic mass is 35.5. The van der Waals surface area contributed by atoms with Crippen LogP contribution in [0.1, 0.15) is 31.1 Å². The van der Waals surface area contributed by atoms with Crippen LogP contribution in [0.5, 0.6) is 0 Å². The summed E-state index contributed by atoms with van der Waals surface area (Å²) in [7, 11) is 0. The van der Waals surface area contributed by atoms with E-state index in [9.17, 15) is 9.59 Å². The zero-order valence-corrected chi connectivity index (χ0v) is 12.0. The van der Waals surface area contributed by atoms with Crippen LogP contribution in [0.3, 0.4) is 0 Å². The minimum absolute atomic E-state index is 0.274. The van der Waals surface area contributed by atoms with Crippen LogP contribution in [0.4, 0.5) is 5.69 Å². The number of carbonyl (C=O) groups is 2. The highest BCUT2D eigenvalue weighted by Crippen LogP contribution is 2.33. The molecular formula is C14H16ClNO3. The molecule has 0 aliphatic carbocycles. The Labute approximate surface area is 117 Å². The topological polar surface area (TPSA) is 46.6 Å². The van der Waals surface area contributed by atoms with E-state index in [0.29, 0.717) is 29.4 Å². The molecule has 2 rings (SSSR count). The van der Waals surface area contributed by atoms with Crippen LogP contribution in [0.2, 0.25) is 5.02 Å². The second-order valence-corrected chi connectivity index (χ2v) is 5.79. The standard InChI is InChI=1S/C14H16ClNO3/c1-14(2,3)19-8-7-16-10-6-4-5-9(15)11(10)12(17)13(16)18/h4-6H,7-8H2,1-3H3. The van der Waals surface area contributed by atoms with E-state index in [0.717, 1.165) is 0 Å². The fourth-order valence-electron chi connectivity index (χ4n) is 1.97. The molecule has 0 saturated heterocycles. The lowest BCUT2D eigenvalue weighted by Crippen LogP contribution is -2.34. The van der Waals surface area contributed by atoms with E-state index in [4.69, 9.17) is 16.3 Å². The summed E-state index contributed by atoms with van der Waals surface area (Å²) in [5.41, 5.74) is 0.592. The summed E-state index contributed by atoms with van der Waals surface area (Å²) in [4.78, 5) is 25.2. The van der Waals surface area contributed by atoms with Crippen LogP contribution >= 0.6 is 11.6 Å². The number of Topliss-reactive ketones (excluding diaryl/α,β-unsaturated/α-hetero) is 1. The van der Waals surface area contributed by atoms with Crippen LogP contribution in [-0.4, -0.2) is 30.4 Å². The summed E-state index contributed by atoms with van der Waals surface area (Å²) < 4.78 is 5.58. The maximum atomic E-state index is 11.9. The van der Waals surface area contributed by atoms with Gasteiger partial charge in [0.2, 0.25) is 0 Å². The molecule has 0 unspecified atom stereocenters. The minimum Gasteiger partial charge on any atom is -0.374 e. The van der Waals surface area contributed by atoms with Crippen molar-refractivity contribution in [2.45, 2.75) is 26.4 Å². The summed E-state index contributed by atoms with van der Waals surface area (Å²) in [5, 5.41) is 0.315. The van der Waals surface area contributed by atoms with Gasteiger partial charge in [0.1, 0.15) is 0 Å². The first-order chi connectivity index (χ1) is 8.81. The van der Waals surface area contributed by atoms with Crippen LogP contribution in [0, 0.1) is 0 Å². The lowest BCUT2D eigenvalue weighted by molar-refractivity contribution is -0.114. The van der Waals surface area contributed by atoms with E-state index in [2.05, 4.69) is 0 Å². The van der Waals surface area contributed by atoms with Crippen LogP contribution < -0.4 is 4.90 Å². The van der Waals surface area contributed by atoms with Crippen molar-refractivity contribution >= 4 is 29.0 Å². The molecular weight excluding hydrogens is 266 g/mol. The predicted octanol–water partition coefficient (Wildman–Crippen LogP) is 2.68. The third-order valence-electron chi connectivity index (χ3n) is 2.80. The van der Waals surface area contributed by atoms with Gasteiger partial charge < -0.3 is 9.64 Å². The van der Waals surface area contributed by atoms with Gasteiger partial charge in [0, 0.05) is 6.54 Å². The van der Waals surface area contributed by atoms with Gasteiger partial charge in [-0.25, -0.2) is 0 Å². The maximum absolute atomic E-state index is 11.9. The first-order valence-corrected chi connectivity index (χ1v) is 6.48. The Hall–Kier alpha value is -1.39. The van der Waals surface area contributed by atoms with Crippen LogP contribution in [0.15, 0.2) is 18.2 Å². The van der Waals surface area contributed by atoms with Gasteiger partial charge in [-0.1, -0.05) is 17.7 Å². The Morgan fingerprint density at radius 3 is 2.58 bits per heavy atom. The van der Waals surface area contributed by atoms with Gasteiger partial charge >= 0.3 is 0 Å². The monoisotopic (exact) mass is 281 g/mol. The number of anilines is 1. The second kappa shape index (κ2) is 4.94. The van der Waals surface area contributed by atoms with E-state index in [1.807, 2.05) is 20.8 Å². The van der Waals surface area contributed by atoms with Crippen molar-refractivity contribution in [1.29, 1.82) is 0 Å². The second-order valence-electron chi connectivity index (χ2n) is 5.38. The Balaban J connectivity index is 2.18. The van der Waals surface area contributed by atoms with E-state index in [-0.39, 0.29) is 5.60 Å². The number of benzene rings is 1. The number of nitrogens with zero attached hydrogens (tertiary/aromatic N) is 1. The number of carbonyl (C=O) groups excluding carboxylic acids is 2. The Morgan fingerprint density at radius 2 is 1.95 bits per heavy atom. The van der Waals surface area contributed by atoms with Crippen molar-refractivity contribution in [1.82, 2.24) is 0 Å². The minimum atomic E-state index is -0.545. The van der Waals surface area contributed by atoms with Gasteiger partial charge in [-0.15, -0.1) is 0 Å². The molecule has 4 nitrogen and oxygen atoms in total. The normalized spacial score (nSPS) is 15.1. The SMILES string of the molecule is CC(C)(C)OCCN1C(=O)C(=O)c2c(Cl)cccc21.